The van der Waals surface area contributed by atoms with Crippen molar-refractivity contribution >= 4 is 0 Å². The maximum atomic E-state index is 10.0. The third kappa shape index (κ3) is 4.38. The summed E-state index contributed by atoms with van der Waals surface area (Å²) in [4.78, 5) is 0. The highest BCUT2D eigenvalue weighted by molar-refractivity contribution is 4.89. The predicted octanol–water partition coefficient (Wildman–Crippen LogP) is 3.92. The van der Waals surface area contributed by atoms with Gasteiger partial charge in [0.25, 0.3) is 0 Å². The minimum absolute atomic E-state index is 0.0838. The predicted molar refractivity (Wildman–Crippen MR) is 65.8 cm³/mol. The van der Waals surface area contributed by atoms with Gasteiger partial charge in [0.05, 0.1) is 6.10 Å². The summed E-state index contributed by atoms with van der Waals surface area (Å²) in [7, 11) is 0. The van der Waals surface area contributed by atoms with Crippen LogP contribution in [0.5, 0.6) is 0 Å². The fraction of sp³-hybridized carbons (Fsp3) is 0.857. The molecule has 1 nitrogen and oxygen atoms in total. The molecule has 1 fully saturated rings. The lowest BCUT2D eigenvalue weighted by molar-refractivity contribution is 0.0667. The Hall–Kier alpha value is -0.300. The molecule has 0 spiro atoms. The highest BCUT2D eigenvalue weighted by Gasteiger charge is 2.25. The lowest BCUT2D eigenvalue weighted by atomic mass is 9.77. The number of rotatable bonds is 5. The first-order chi connectivity index (χ1) is 7.13. The zero-order valence-corrected chi connectivity index (χ0v) is 10.3. The van der Waals surface area contributed by atoms with Crippen LogP contribution in [-0.4, -0.2) is 11.2 Å². The van der Waals surface area contributed by atoms with Gasteiger partial charge in [-0.05, 0) is 44.4 Å². The maximum absolute atomic E-state index is 10.0. The van der Waals surface area contributed by atoms with E-state index >= 15 is 0 Å². The number of aliphatic hydroxyl groups is 1. The van der Waals surface area contributed by atoms with E-state index < -0.39 is 0 Å². The fourth-order valence-corrected chi connectivity index (χ4v) is 2.61. The first-order valence-electron chi connectivity index (χ1n) is 6.46. The number of aliphatic hydroxyl groups excluding tert-OH is 1. The molecule has 0 aliphatic heterocycles. The standard InChI is InChI=1S/C14H26O/c1-4-12-6-8-13(9-7-12)14(15)10-5-11(2)3/h12-15H,2,4-10H2,1,3H3. The lowest BCUT2D eigenvalue weighted by Gasteiger charge is -2.31. The lowest BCUT2D eigenvalue weighted by Crippen LogP contribution is -2.25. The summed E-state index contributed by atoms with van der Waals surface area (Å²) in [6.07, 6.45) is 8.24. The average Bonchev–Trinajstić information content (AvgIpc) is 2.26. The zero-order chi connectivity index (χ0) is 11.3. The third-order valence-corrected chi connectivity index (χ3v) is 3.88. The van der Waals surface area contributed by atoms with Crippen molar-refractivity contribution in [1.29, 1.82) is 0 Å². The molecule has 1 saturated carbocycles. The Morgan fingerprint density at radius 3 is 2.40 bits per heavy atom. The molecule has 1 N–H and O–H groups in total. The molecular formula is C14H26O. The topological polar surface area (TPSA) is 20.2 Å². The molecule has 0 radical (unpaired) electrons. The smallest absolute Gasteiger partial charge is 0.0571 e. The van der Waals surface area contributed by atoms with E-state index in [1.165, 1.54) is 37.7 Å². The normalized spacial score (nSPS) is 28.7. The van der Waals surface area contributed by atoms with Crippen LogP contribution in [0.1, 0.15) is 58.8 Å². The van der Waals surface area contributed by atoms with Gasteiger partial charge in [-0.3, -0.25) is 0 Å². The van der Waals surface area contributed by atoms with Gasteiger partial charge in [0.1, 0.15) is 0 Å². The molecule has 88 valence electrons. The average molecular weight is 210 g/mol. The monoisotopic (exact) mass is 210 g/mol. The summed E-state index contributed by atoms with van der Waals surface area (Å²) in [6.45, 7) is 8.21. The van der Waals surface area contributed by atoms with Gasteiger partial charge < -0.3 is 5.11 Å². The van der Waals surface area contributed by atoms with Crippen LogP contribution in [0.25, 0.3) is 0 Å². The van der Waals surface area contributed by atoms with E-state index in [4.69, 9.17) is 0 Å². The van der Waals surface area contributed by atoms with Crippen LogP contribution < -0.4 is 0 Å². The Labute approximate surface area is 94.6 Å². The van der Waals surface area contributed by atoms with Gasteiger partial charge in [-0.25, -0.2) is 0 Å². The van der Waals surface area contributed by atoms with E-state index in [0.29, 0.717) is 5.92 Å². The molecule has 0 aromatic heterocycles. The zero-order valence-electron chi connectivity index (χ0n) is 10.3. The van der Waals surface area contributed by atoms with Gasteiger partial charge >= 0.3 is 0 Å². The first kappa shape index (κ1) is 12.8. The summed E-state index contributed by atoms with van der Waals surface area (Å²) >= 11 is 0. The summed E-state index contributed by atoms with van der Waals surface area (Å²) in [5.41, 5.74) is 1.19. The molecule has 1 rings (SSSR count). The molecule has 1 aliphatic rings. The Bertz CT molecular complexity index is 190. The van der Waals surface area contributed by atoms with Crippen molar-refractivity contribution in [3.05, 3.63) is 12.2 Å². The molecule has 0 saturated heterocycles. The third-order valence-electron chi connectivity index (χ3n) is 3.88. The molecule has 0 bridgehead atoms. The van der Waals surface area contributed by atoms with Crippen LogP contribution in [0.15, 0.2) is 12.2 Å². The van der Waals surface area contributed by atoms with Crippen molar-refractivity contribution in [3.63, 3.8) is 0 Å². The van der Waals surface area contributed by atoms with Gasteiger partial charge in [0.15, 0.2) is 0 Å². The molecule has 15 heavy (non-hydrogen) atoms. The minimum Gasteiger partial charge on any atom is -0.393 e. The SMILES string of the molecule is C=C(C)CCC(O)C1CCC(CC)CC1. The van der Waals surface area contributed by atoms with E-state index in [-0.39, 0.29) is 6.10 Å². The summed E-state index contributed by atoms with van der Waals surface area (Å²) in [6, 6.07) is 0. The summed E-state index contributed by atoms with van der Waals surface area (Å²) in [5, 5.41) is 10.0. The number of hydrogen-bond donors (Lipinski definition) is 1. The fourth-order valence-electron chi connectivity index (χ4n) is 2.61. The van der Waals surface area contributed by atoms with Crippen molar-refractivity contribution in [3.8, 4) is 0 Å². The van der Waals surface area contributed by atoms with Gasteiger partial charge in [-0.1, -0.05) is 31.8 Å². The molecular weight excluding hydrogens is 184 g/mol. The van der Waals surface area contributed by atoms with Crippen LogP contribution >= 0.6 is 0 Å². The second-order valence-corrected chi connectivity index (χ2v) is 5.25. The van der Waals surface area contributed by atoms with Crippen LogP contribution in [-0.2, 0) is 0 Å². The Morgan fingerprint density at radius 1 is 1.33 bits per heavy atom. The summed E-state index contributed by atoms with van der Waals surface area (Å²) in [5.74, 6) is 1.49. The molecule has 0 heterocycles. The molecule has 0 aromatic carbocycles. The van der Waals surface area contributed by atoms with E-state index in [2.05, 4.69) is 13.5 Å². The van der Waals surface area contributed by atoms with Crippen molar-refractivity contribution in [2.75, 3.05) is 0 Å². The first-order valence-corrected chi connectivity index (χ1v) is 6.46. The highest BCUT2D eigenvalue weighted by Crippen LogP contribution is 2.33. The van der Waals surface area contributed by atoms with E-state index in [1.54, 1.807) is 0 Å². The van der Waals surface area contributed by atoms with E-state index in [1.807, 2.05) is 6.92 Å². The minimum atomic E-state index is -0.0838. The van der Waals surface area contributed by atoms with Crippen LogP contribution in [0.2, 0.25) is 0 Å². The molecule has 1 aliphatic carbocycles. The van der Waals surface area contributed by atoms with Crippen molar-refractivity contribution < 1.29 is 5.11 Å². The van der Waals surface area contributed by atoms with Gasteiger partial charge in [-0.2, -0.15) is 0 Å². The molecule has 1 unspecified atom stereocenters. The van der Waals surface area contributed by atoms with Crippen LogP contribution in [0, 0.1) is 11.8 Å². The maximum Gasteiger partial charge on any atom is 0.0571 e. The second kappa shape index (κ2) is 6.32. The second-order valence-electron chi connectivity index (χ2n) is 5.25. The van der Waals surface area contributed by atoms with Gasteiger partial charge in [0, 0.05) is 0 Å². The molecule has 1 atom stereocenters. The Balaban J connectivity index is 2.23. The molecule has 0 aromatic rings. The highest BCUT2D eigenvalue weighted by atomic mass is 16.3. The van der Waals surface area contributed by atoms with Gasteiger partial charge in [-0.15, -0.1) is 6.58 Å². The Morgan fingerprint density at radius 2 is 1.93 bits per heavy atom. The van der Waals surface area contributed by atoms with E-state index in [0.717, 1.165) is 18.8 Å². The Kier molecular flexibility index (Phi) is 5.38. The largest absolute Gasteiger partial charge is 0.393 e. The van der Waals surface area contributed by atoms with Crippen LogP contribution in [0.4, 0.5) is 0 Å². The van der Waals surface area contributed by atoms with Crippen molar-refractivity contribution in [2.45, 2.75) is 64.9 Å². The summed E-state index contributed by atoms with van der Waals surface area (Å²) < 4.78 is 0. The van der Waals surface area contributed by atoms with Crippen molar-refractivity contribution in [2.24, 2.45) is 11.8 Å². The van der Waals surface area contributed by atoms with Crippen molar-refractivity contribution in [1.82, 2.24) is 0 Å². The van der Waals surface area contributed by atoms with E-state index in [9.17, 15) is 5.11 Å². The quantitative estimate of drug-likeness (QED) is 0.682. The van der Waals surface area contributed by atoms with Crippen LogP contribution in [0.3, 0.4) is 0 Å². The number of allylic oxidation sites excluding steroid dienone is 1. The molecule has 0 amide bonds. The molecule has 1 heteroatoms. The number of hydrogen-bond acceptors (Lipinski definition) is 1. The van der Waals surface area contributed by atoms with Gasteiger partial charge in [0.2, 0.25) is 0 Å².